The summed E-state index contributed by atoms with van der Waals surface area (Å²) in [6, 6.07) is 0. The summed E-state index contributed by atoms with van der Waals surface area (Å²) in [5.74, 6) is -0.212. The molecule has 0 saturated carbocycles. The number of hydrogen-bond donors (Lipinski definition) is 2. The van der Waals surface area contributed by atoms with Gasteiger partial charge in [0.25, 0.3) is 0 Å². The number of esters is 1. The van der Waals surface area contributed by atoms with Crippen molar-refractivity contribution in [2.24, 2.45) is 5.41 Å². The van der Waals surface area contributed by atoms with Gasteiger partial charge in [-0.3, -0.25) is 14.9 Å². The molecule has 2 rings (SSSR count). The van der Waals surface area contributed by atoms with Crippen LogP contribution in [0.1, 0.15) is 19.8 Å². The molecular formula is C14H22N4O4S2. The number of thioether (sulfide) groups is 1. The standard InChI is InChI=1S/C14H22N4O4S2/c1-3-22-10(19)8-23-13-18-17-12(24-13)16-11(20)14(9-21-2)4-6-15-7-5-14/h15H,3-9H2,1-2H3,(H,16,17,20). The lowest BCUT2D eigenvalue weighted by atomic mass is 9.79. The van der Waals surface area contributed by atoms with Crippen LogP contribution in [-0.4, -0.2) is 61.2 Å². The Morgan fingerprint density at radius 3 is 2.79 bits per heavy atom. The summed E-state index contributed by atoms with van der Waals surface area (Å²) in [5, 5.41) is 14.5. The summed E-state index contributed by atoms with van der Waals surface area (Å²) >= 11 is 2.49. The maximum atomic E-state index is 12.7. The van der Waals surface area contributed by atoms with Crippen LogP contribution in [0.4, 0.5) is 5.13 Å². The van der Waals surface area contributed by atoms with Crippen molar-refractivity contribution in [3.63, 3.8) is 0 Å². The number of nitrogens with one attached hydrogen (secondary N) is 2. The third kappa shape index (κ3) is 5.13. The average molecular weight is 374 g/mol. The Labute approximate surface area is 149 Å². The Morgan fingerprint density at radius 2 is 2.12 bits per heavy atom. The fourth-order valence-electron chi connectivity index (χ4n) is 2.49. The number of aromatic nitrogens is 2. The van der Waals surface area contributed by atoms with Gasteiger partial charge < -0.3 is 14.8 Å². The SMILES string of the molecule is CCOC(=O)CSc1nnc(NC(=O)C2(COC)CCNCC2)s1. The van der Waals surface area contributed by atoms with Crippen molar-refractivity contribution in [2.45, 2.75) is 24.1 Å². The summed E-state index contributed by atoms with van der Waals surface area (Å²) in [6.45, 7) is 4.07. The van der Waals surface area contributed by atoms with Gasteiger partial charge in [0.15, 0.2) is 4.34 Å². The van der Waals surface area contributed by atoms with Crippen LogP contribution >= 0.6 is 23.1 Å². The van der Waals surface area contributed by atoms with E-state index in [-0.39, 0.29) is 17.6 Å². The van der Waals surface area contributed by atoms with E-state index in [1.807, 2.05) is 0 Å². The minimum atomic E-state index is -0.538. The predicted molar refractivity (Wildman–Crippen MR) is 92.3 cm³/mol. The number of amides is 1. The Balaban J connectivity index is 1.92. The first kappa shape index (κ1) is 19.1. The number of hydrogen-bond acceptors (Lipinski definition) is 9. The highest BCUT2D eigenvalue weighted by Crippen LogP contribution is 2.32. The van der Waals surface area contributed by atoms with Crippen LogP contribution in [0.2, 0.25) is 0 Å². The summed E-state index contributed by atoms with van der Waals surface area (Å²) in [4.78, 5) is 24.0. The third-order valence-electron chi connectivity index (χ3n) is 3.71. The molecule has 0 aromatic carbocycles. The van der Waals surface area contributed by atoms with Gasteiger partial charge in [-0.15, -0.1) is 10.2 Å². The van der Waals surface area contributed by atoms with Crippen LogP contribution in [0.15, 0.2) is 4.34 Å². The Hall–Kier alpha value is -1.23. The highest BCUT2D eigenvalue weighted by Gasteiger charge is 2.40. The van der Waals surface area contributed by atoms with E-state index in [1.165, 1.54) is 23.1 Å². The van der Waals surface area contributed by atoms with Crippen molar-refractivity contribution < 1.29 is 19.1 Å². The van der Waals surface area contributed by atoms with E-state index in [4.69, 9.17) is 9.47 Å². The van der Waals surface area contributed by atoms with Crippen LogP contribution in [-0.2, 0) is 19.1 Å². The van der Waals surface area contributed by atoms with Gasteiger partial charge in [-0.25, -0.2) is 0 Å². The van der Waals surface area contributed by atoms with Gasteiger partial charge in [0.1, 0.15) is 0 Å². The van der Waals surface area contributed by atoms with Crippen LogP contribution < -0.4 is 10.6 Å². The molecule has 134 valence electrons. The van der Waals surface area contributed by atoms with Crippen molar-refractivity contribution in [1.29, 1.82) is 0 Å². The lowest BCUT2D eigenvalue weighted by Crippen LogP contribution is -2.47. The van der Waals surface area contributed by atoms with Crippen LogP contribution in [0, 0.1) is 5.41 Å². The summed E-state index contributed by atoms with van der Waals surface area (Å²) < 4.78 is 10.7. The average Bonchev–Trinajstić information content (AvgIpc) is 3.02. The maximum absolute atomic E-state index is 12.7. The van der Waals surface area contributed by atoms with Crippen molar-refractivity contribution in [3.05, 3.63) is 0 Å². The number of nitrogens with zero attached hydrogens (tertiary/aromatic N) is 2. The smallest absolute Gasteiger partial charge is 0.316 e. The third-order valence-corrected chi connectivity index (χ3v) is 5.65. The maximum Gasteiger partial charge on any atom is 0.316 e. The van der Waals surface area contributed by atoms with E-state index in [0.717, 1.165) is 25.9 Å². The molecule has 1 aliphatic rings. The van der Waals surface area contributed by atoms with Crippen molar-refractivity contribution >= 4 is 40.1 Å². The molecule has 1 saturated heterocycles. The number of carbonyl (C=O) groups is 2. The molecule has 24 heavy (non-hydrogen) atoms. The van der Waals surface area contributed by atoms with Gasteiger partial charge in [-0.1, -0.05) is 23.1 Å². The molecule has 10 heteroatoms. The fourth-order valence-corrected chi connectivity index (χ4v) is 4.04. The highest BCUT2D eigenvalue weighted by molar-refractivity contribution is 8.01. The first-order chi connectivity index (χ1) is 11.6. The molecule has 0 atom stereocenters. The van der Waals surface area contributed by atoms with Crippen molar-refractivity contribution in [3.8, 4) is 0 Å². The van der Waals surface area contributed by atoms with E-state index in [0.29, 0.717) is 22.7 Å². The minimum Gasteiger partial charge on any atom is -0.465 e. The molecule has 8 nitrogen and oxygen atoms in total. The van der Waals surface area contributed by atoms with Crippen molar-refractivity contribution in [2.75, 3.05) is 44.5 Å². The number of rotatable bonds is 8. The molecule has 1 aromatic heterocycles. The number of carbonyl (C=O) groups excluding carboxylic acids is 2. The molecule has 2 N–H and O–H groups in total. The first-order valence-electron chi connectivity index (χ1n) is 7.72. The molecule has 1 aromatic rings. The molecule has 1 fully saturated rings. The molecule has 1 aliphatic heterocycles. The molecule has 0 bridgehead atoms. The second-order valence-electron chi connectivity index (χ2n) is 5.38. The quantitative estimate of drug-likeness (QED) is 0.397. The topological polar surface area (TPSA) is 102 Å². The number of ether oxygens (including phenoxy) is 2. The van der Waals surface area contributed by atoms with Crippen LogP contribution in [0.25, 0.3) is 0 Å². The van der Waals surface area contributed by atoms with Gasteiger partial charge in [0, 0.05) is 7.11 Å². The predicted octanol–water partition coefficient (Wildman–Crippen LogP) is 1.15. The highest BCUT2D eigenvalue weighted by atomic mass is 32.2. The molecule has 0 spiro atoms. The lowest BCUT2D eigenvalue weighted by molar-refractivity contribution is -0.139. The van der Waals surface area contributed by atoms with E-state index < -0.39 is 5.41 Å². The Morgan fingerprint density at radius 1 is 1.38 bits per heavy atom. The number of methoxy groups -OCH3 is 1. The Kier molecular flexibility index (Phi) is 7.40. The van der Waals surface area contributed by atoms with Crippen molar-refractivity contribution in [1.82, 2.24) is 15.5 Å². The lowest BCUT2D eigenvalue weighted by Gasteiger charge is -2.35. The zero-order valence-corrected chi connectivity index (χ0v) is 15.4. The van der Waals surface area contributed by atoms with Gasteiger partial charge >= 0.3 is 5.97 Å². The van der Waals surface area contributed by atoms with Crippen LogP contribution in [0.3, 0.4) is 0 Å². The molecule has 0 unspecified atom stereocenters. The zero-order chi connectivity index (χ0) is 17.4. The number of piperidine rings is 1. The normalized spacial score (nSPS) is 16.6. The molecule has 0 aliphatic carbocycles. The second-order valence-corrected chi connectivity index (χ2v) is 7.58. The van der Waals surface area contributed by atoms with E-state index in [9.17, 15) is 9.59 Å². The van der Waals surface area contributed by atoms with Crippen LogP contribution in [0.5, 0.6) is 0 Å². The fraction of sp³-hybridized carbons (Fsp3) is 0.714. The minimum absolute atomic E-state index is 0.0936. The van der Waals surface area contributed by atoms with Gasteiger partial charge in [0.05, 0.1) is 24.4 Å². The molecular weight excluding hydrogens is 352 g/mol. The summed E-state index contributed by atoms with van der Waals surface area (Å²) in [7, 11) is 1.60. The van der Waals surface area contributed by atoms with Gasteiger partial charge in [0.2, 0.25) is 11.0 Å². The molecule has 0 radical (unpaired) electrons. The largest absolute Gasteiger partial charge is 0.465 e. The van der Waals surface area contributed by atoms with E-state index in [2.05, 4.69) is 20.8 Å². The van der Waals surface area contributed by atoms with E-state index >= 15 is 0 Å². The zero-order valence-electron chi connectivity index (χ0n) is 13.8. The first-order valence-corrected chi connectivity index (χ1v) is 9.53. The summed E-state index contributed by atoms with van der Waals surface area (Å²) in [5.41, 5.74) is -0.538. The second kappa shape index (κ2) is 9.30. The Bertz CT molecular complexity index is 555. The summed E-state index contributed by atoms with van der Waals surface area (Å²) in [6.07, 6.45) is 1.44. The number of anilines is 1. The molecule has 1 amide bonds. The van der Waals surface area contributed by atoms with Gasteiger partial charge in [-0.05, 0) is 32.9 Å². The monoisotopic (exact) mass is 374 g/mol. The van der Waals surface area contributed by atoms with Gasteiger partial charge in [-0.2, -0.15) is 0 Å². The molecule has 2 heterocycles. The van der Waals surface area contributed by atoms with E-state index in [1.54, 1.807) is 14.0 Å².